The molecule has 0 aliphatic carbocycles. The number of anilines is 1. The lowest BCUT2D eigenvalue weighted by atomic mass is 10.2. The Morgan fingerprint density at radius 1 is 1.32 bits per heavy atom. The molecule has 0 fully saturated rings. The zero-order chi connectivity index (χ0) is 14.6. The van der Waals surface area contributed by atoms with Gasteiger partial charge in [0.05, 0.1) is 10.6 Å². The summed E-state index contributed by atoms with van der Waals surface area (Å²) in [6.07, 6.45) is 0.569. The molecule has 1 aromatic rings. The van der Waals surface area contributed by atoms with E-state index in [0.717, 1.165) is 0 Å². The summed E-state index contributed by atoms with van der Waals surface area (Å²) >= 11 is 0. The second-order valence-electron chi connectivity index (χ2n) is 4.44. The molecule has 0 aromatic heterocycles. The normalized spacial score (nSPS) is 13.0. The molecular weight excluding hydrogens is 266 g/mol. The highest BCUT2D eigenvalue weighted by Crippen LogP contribution is 2.20. The van der Waals surface area contributed by atoms with E-state index in [9.17, 15) is 13.2 Å². The molecule has 0 radical (unpaired) electrons. The fraction of sp³-hybridized carbons (Fsp3) is 0.462. The molecule has 0 aliphatic heterocycles. The maximum Gasteiger partial charge on any atom is 0.326 e. The summed E-state index contributed by atoms with van der Waals surface area (Å²) in [4.78, 5) is 12.7. The summed E-state index contributed by atoms with van der Waals surface area (Å²) in [6, 6.07) is 5.62. The zero-order valence-electron chi connectivity index (χ0n) is 11.3. The van der Waals surface area contributed by atoms with Gasteiger partial charge in [-0.3, -0.25) is 0 Å². The van der Waals surface area contributed by atoms with E-state index in [4.69, 9.17) is 5.11 Å². The van der Waals surface area contributed by atoms with Crippen LogP contribution in [0.15, 0.2) is 29.2 Å². The van der Waals surface area contributed by atoms with Gasteiger partial charge in [-0.1, -0.05) is 6.92 Å². The Morgan fingerprint density at radius 2 is 1.84 bits per heavy atom. The van der Waals surface area contributed by atoms with E-state index in [0.29, 0.717) is 12.1 Å². The van der Waals surface area contributed by atoms with Crippen LogP contribution in [0, 0.1) is 0 Å². The summed E-state index contributed by atoms with van der Waals surface area (Å²) in [6.45, 7) is 3.39. The van der Waals surface area contributed by atoms with Crippen molar-refractivity contribution in [2.24, 2.45) is 0 Å². The summed E-state index contributed by atoms with van der Waals surface area (Å²) in [5, 5.41) is 8.93. The highest BCUT2D eigenvalue weighted by molar-refractivity contribution is 7.91. The quantitative estimate of drug-likeness (QED) is 0.862. The molecular formula is C13H19NO4S. The molecule has 0 heterocycles. The lowest BCUT2D eigenvalue weighted by Crippen LogP contribution is -2.35. The third-order valence-corrected chi connectivity index (χ3v) is 4.95. The second kappa shape index (κ2) is 6.06. The van der Waals surface area contributed by atoms with Crippen LogP contribution in [-0.4, -0.2) is 38.3 Å². The number of hydrogen-bond acceptors (Lipinski definition) is 4. The molecule has 19 heavy (non-hydrogen) atoms. The first-order valence-corrected chi connectivity index (χ1v) is 7.73. The van der Waals surface area contributed by atoms with E-state index in [-0.39, 0.29) is 10.6 Å². The number of carbonyl (C=O) groups is 1. The van der Waals surface area contributed by atoms with Crippen LogP contribution in [0.2, 0.25) is 0 Å². The SMILES string of the molecule is CCCS(=O)(=O)c1ccc(N(C)C(C)C(=O)O)cc1. The summed E-state index contributed by atoms with van der Waals surface area (Å²) < 4.78 is 23.7. The van der Waals surface area contributed by atoms with E-state index in [1.165, 1.54) is 12.1 Å². The van der Waals surface area contributed by atoms with E-state index >= 15 is 0 Å². The largest absolute Gasteiger partial charge is 0.480 e. The van der Waals surface area contributed by atoms with Gasteiger partial charge in [-0.05, 0) is 37.6 Å². The van der Waals surface area contributed by atoms with E-state index in [1.54, 1.807) is 31.0 Å². The summed E-state index contributed by atoms with van der Waals surface area (Å²) in [5.41, 5.74) is 0.672. The molecule has 0 spiro atoms. The topological polar surface area (TPSA) is 74.7 Å². The molecule has 1 unspecified atom stereocenters. The first-order chi connectivity index (χ1) is 8.79. The number of sulfone groups is 1. The van der Waals surface area contributed by atoms with E-state index in [1.807, 2.05) is 6.92 Å². The van der Waals surface area contributed by atoms with Crippen molar-refractivity contribution in [2.45, 2.75) is 31.2 Å². The van der Waals surface area contributed by atoms with Gasteiger partial charge in [-0.25, -0.2) is 13.2 Å². The van der Waals surface area contributed by atoms with Crippen LogP contribution in [0.1, 0.15) is 20.3 Å². The van der Waals surface area contributed by atoms with Crippen LogP contribution in [0.3, 0.4) is 0 Å². The Balaban J connectivity index is 2.97. The van der Waals surface area contributed by atoms with Crippen molar-refractivity contribution in [3.05, 3.63) is 24.3 Å². The average Bonchev–Trinajstić information content (AvgIpc) is 2.37. The van der Waals surface area contributed by atoms with Crippen LogP contribution in [-0.2, 0) is 14.6 Å². The minimum absolute atomic E-state index is 0.119. The Hall–Kier alpha value is -1.56. The number of hydrogen-bond donors (Lipinski definition) is 1. The molecule has 0 bridgehead atoms. The third kappa shape index (κ3) is 3.70. The Morgan fingerprint density at radius 3 is 2.26 bits per heavy atom. The Labute approximate surface area is 113 Å². The van der Waals surface area contributed by atoms with Crippen LogP contribution < -0.4 is 4.90 Å². The highest BCUT2D eigenvalue weighted by atomic mass is 32.2. The lowest BCUT2D eigenvalue weighted by Gasteiger charge is -2.23. The molecule has 0 aliphatic rings. The molecule has 6 heteroatoms. The fourth-order valence-electron chi connectivity index (χ4n) is 1.66. The smallest absolute Gasteiger partial charge is 0.326 e. The van der Waals surface area contributed by atoms with E-state index in [2.05, 4.69) is 0 Å². The predicted octanol–water partition coefficient (Wildman–Crippen LogP) is 1.78. The van der Waals surface area contributed by atoms with Crippen molar-refractivity contribution in [3.8, 4) is 0 Å². The molecule has 106 valence electrons. The van der Waals surface area contributed by atoms with Gasteiger partial charge in [-0.2, -0.15) is 0 Å². The van der Waals surface area contributed by atoms with Gasteiger partial charge in [-0.15, -0.1) is 0 Å². The minimum Gasteiger partial charge on any atom is -0.480 e. The maximum absolute atomic E-state index is 11.8. The molecule has 1 aromatic carbocycles. The molecule has 1 atom stereocenters. The van der Waals surface area contributed by atoms with Gasteiger partial charge >= 0.3 is 5.97 Å². The van der Waals surface area contributed by atoms with E-state index < -0.39 is 21.8 Å². The first kappa shape index (κ1) is 15.5. The van der Waals surface area contributed by atoms with Crippen molar-refractivity contribution in [1.82, 2.24) is 0 Å². The molecule has 0 saturated carbocycles. The van der Waals surface area contributed by atoms with Crippen molar-refractivity contribution < 1.29 is 18.3 Å². The van der Waals surface area contributed by atoms with Crippen LogP contribution in [0.4, 0.5) is 5.69 Å². The van der Waals surface area contributed by atoms with Crippen molar-refractivity contribution in [1.29, 1.82) is 0 Å². The highest BCUT2D eigenvalue weighted by Gasteiger charge is 2.18. The standard InChI is InChI=1S/C13H19NO4S/c1-4-9-19(17,18)12-7-5-11(6-8-12)14(3)10(2)13(15)16/h5-8,10H,4,9H2,1-3H3,(H,15,16). The van der Waals surface area contributed by atoms with Crippen LogP contribution in [0.25, 0.3) is 0 Å². The number of carboxylic acid groups (broad SMARTS) is 1. The van der Waals surface area contributed by atoms with Crippen LogP contribution in [0.5, 0.6) is 0 Å². The number of likely N-dealkylation sites (N-methyl/N-ethyl adjacent to an activating group) is 1. The molecule has 0 amide bonds. The second-order valence-corrected chi connectivity index (χ2v) is 6.55. The summed E-state index contributed by atoms with van der Waals surface area (Å²) in [7, 11) is -1.56. The minimum atomic E-state index is -3.22. The monoisotopic (exact) mass is 285 g/mol. The van der Waals surface area contributed by atoms with Gasteiger partial charge in [0, 0.05) is 12.7 Å². The zero-order valence-corrected chi connectivity index (χ0v) is 12.1. The predicted molar refractivity (Wildman–Crippen MR) is 74.3 cm³/mol. The van der Waals surface area contributed by atoms with Crippen LogP contribution >= 0.6 is 0 Å². The Kier molecular flexibility index (Phi) is 4.94. The molecule has 5 nitrogen and oxygen atoms in total. The average molecular weight is 285 g/mol. The number of benzene rings is 1. The van der Waals surface area contributed by atoms with Gasteiger partial charge in [0.25, 0.3) is 0 Å². The number of aliphatic carboxylic acids is 1. The summed E-state index contributed by atoms with van der Waals surface area (Å²) in [5.74, 6) is -0.807. The van der Waals surface area contributed by atoms with Gasteiger partial charge in [0.2, 0.25) is 0 Å². The van der Waals surface area contributed by atoms with Crippen molar-refractivity contribution >= 4 is 21.5 Å². The Bertz CT molecular complexity index is 536. The van der Waals surface area contributed by atoms with Gasteiger partial charge in [0.1, 0.15) is 6.04 Å². The molecule has 0 saturated heterocycles. The van der Waals surface area contributed by atoms with Gasteiger partial charge < -0.3 is 10.0 Å². The molecule has 1 N–H and O–H groups in total. The lowest BCUT2D eigenvalue weighted by molar-refractivity contribution is -0.138. The fourth-order valence-corrected chi connectivity index (χ4v) is 2.99. The maximum atomic E-state index is 11.8. The third-order valence-electron chi connectivity index (χ3n) is 3.01. The van der Waals surface area contributed by atoms with Crippen molar-refractivity contribution in [2.75, 3.05) is 17.7 Å². The number of carboxylic acids is 1. The van der Waals surface area contributed by atoms with Crippen molar-refractivity contribution in [3.63, 3.8) is 0 Å². The number of nitrogens with zero attached hydrogens (tertiary/aromatic N) is 1. The molecule has 1 rings (SSSR count). The first-order valence-electron chi connectivity index (χ1n) is 6.08. The van der Waals surface area contributed by atoms with Gasteiger partial charge in [0.15, 0.2) is 9.84 Å². The number of rotatable bonds is 6.